The smallest absolute Gasteiger partial charge is 0.163 e. The largest absolute Gasteiger partial charge is 0.372 e. The molecule has 0 fully saturated rings. The van der Waals surface area contributed by atoms with Crippen molar-refractivity contribution < 1.29 is 18.0 Å². The quantitative estimate of drug-likeness (QED) is 0.830. The van der Waals surface area contributed by atoms with Crippen molar-refractivity contribution in [1.29, 1.82) is 0 Å². The van der Waals surface area contributed by atoms with Crippen LogP contribution in [0, 0.1) is 11.6 Å². The summed E-state index contributed by atoms with van der Waals surface area (Å²) >= 11 is 0. The van der Waals surface area contributed by atoms with Crippen molar-refractivity contribution in [1.82, 2.24) is 5.16 Å². The summed E-state index contributed by atoms with van der Waals surface area (Å²) in [5.74, 6) is -1.31. The summed E-state index contributed by atoms with van der Waals surface area (Å²) < 4.78 is 36.0. The van der Waals surface area contributed by atoms with E-state index in [0.29, 0.717) is 30.2 Å². The Bertz CT molecular complexity index is 529. The van der Waals surface area contributed by atoms with Crippen LogP contribution >= 0.6 is 0 Å². The highest BCUT2D eigenvalue weighted by molar-refractivity contribution is 5.58. The van der Waals surface area contributed by atoms with E-state index in [1.54, 1.807) is 6.07 Å². The van der Waals surface area contributed by atoms with Gasteiger partial charge in [-0.05, 0) is 18.2 Å². The topological polar surface area (TPSA) is 61.3 Å². The third-order valence-electron chi connectivity index (χ3n) is 2.28. The number of nitrogens with two attached hydrogens (primary N) is 1. The van der Waals surface area contributed by atoms with Gasteiger partial charge in [-0.25, -0.2) is 8.78 Å². The van der Waals surface area contributed by atoms with Crippen LogP contribution in [-0.2, 0) is 11.3 Å². The SMILES string of the molecule is NCCOCc1cc(-c2ccc(F)c(F)c2)no1. The minimum Gasteiger partial charge on any atom is -0.372 e. The van der Waals surface area contributed by atoms with Crippen LogP contribution in [0.25, 0.3) is 11.3 Å². The normalized spacial score (nSPS) is 10.8. The fourth-order valence-electron chi connectivity index (χ4n) is 1.43. The molecule has 1 aromatic carbocycles. The first kappa shape index (κ1) is 12.7. The summed E-state index contributed by atoms with van der Waals surface area (Å²) in [6.45, 7) is 1.08. The van der Waals surface area contributed by atoms with Gasteiger partial charge in [0.1, 0.15) is 12.3 Å². The van der Waals surface area contributed by atoms with Crippen molar-refractivity contribution in [2.24, 2.45) is 5.73 Å². The molecule has 6 heteroatoms. The van der Waals surface area contributed by atoms with E-state index in [2.05, 4.69) is 5.16 Å². The summed E-state index contributed by atoms with van der Waals surface area (Å²) in [6, 6.07) is 5.16. The third kappa shape index (κ3) is 2.91. The highest BCUT2D eigenvalue weighted by Crippen LogP contribution is 2.21. The Balaban J connectivity index is 2.11. The van der Waals surface area contributed by atoms with Crippen molar-refractivity contribution in [2.45, 2.75) is 6.61 Å². The van der Waals surface area contributed by atoms with Gasteiger partial charge < -0.3 is 15.0 Å². The number of hydrogen-bond donors (Lipinski definition) is 1. The van der Waals surface area contributed by atoms with Crippen LogP contribution in [0.2, 0.25) is 0 Å². The first-order chi connectivity index (χ1) is 8.70. The molecule has 2 rings (SSSR count). The maximum atomic E-state index is 13.0. The molecule has 1 heterocycles. The average Bonchev–Trinajstić information content (AvgIpc) is 2.82. The summed E-state index contributed by atoms with van der Waals surface area (Å²) in [5, 5.41) is 3.76. The second-order valence-electron chi connectivity index (χ2n) is 3.65. The van der Waals surface area contributed by atoms with Gasteiger partial charge in [0.05, 0.1) is 6.61 Å². The highest BCUT2D eigenvalue weighted by atomic mass is 19.2. The molecule has 4 nitrogen and oxygen atoms in total. The molecule has 0 aliphatic carbocycles. The number of benzene rings is 1. The Morgan fingerprint density at radius 2 is 2.06 bits per heavy atom. The van der Waals surface area contributed by atoms with E-state index < -0.39 is 11.6 Å². The van der Waals surface area contributed by atoms with Gasteiger partial charge in [-0.15, -0.1) is 0 Å². The molecule has 96 valence electrons. The molecule has 0 bridgehead atoms. The molecule has 0 amide bonds. The lowest BCUT2D eigenvalue weighted by Crippen LogP contribution is -2.07. The molecule has 0 spiro atoms. The van der Waals surface area contributed by atoms with Gasteiger partial charge in [0.15, 0.2) is 17.4 Å². The maximum Gasteiger partial charge on any atom is 0.163 e. The van der Waals surface area contributed by atoms with Crippen molar-refractivity contribution in [2.75, 3.05) is 13.2 Å². The minimum absolute atomic E-state index is 0.244. The number of rotatable bonds is 5. The predicted octanol–water partition coefficient (Wildman–Crippen LogP) is 2.10. The molecule has 2 aromatic rings. The standard InChI is InChI=1S/C12H12F2N2O2/c13-10-2-1-8(5-11(10)14)12-6-9(18-16-12)7-17-4-3-15/h1-2,5-6H,3-4,7,15H2. The minimum atomic E-state index is -0.920. The predicted molar refractivity (Wildman–Crippen MR) is 60.6 cm³/mol. The Hall–Kier alpha value is -1.79. The lowest BCUT2D eigenvalue weighted by molar-refractivity contribution is 0.107. The molecular formula is C12H12F2N2O2. The molecular weight excluding hydrogens is 242 g/mol. The molecule has 2 N–H and O–H groups in total. The number of ether oxygens (including phenoxy) is 1. The van der Waals surface area contributed by atoms with E-state index in [1.807, 2.05) is 0 Å². The number of hydrogen-bond acceptors (Lipinski definition) is 4. The van der Waals surface area contributed by atoms with Gasteiger partial charge in [-0.2, -0.15) is 0 Å². The molecule has 18 heavy (non-hydrogen) atoms. The van der Waals surface area contributed by atoms with E-state index in [-0.39, 0.29) is 6.61 Å². The zero-order chi connectivity index (χ0) is 13.0. The van der Waals surface area contributed by atoms with Crippen LogP contribution in [0.1, 0.15) is 5.76 Å². The zero-order valence-corrected chi connectivity index (χ0v) is 9.53. The Morgan fingerprint density at radius 3 is 2.78 bits per heavy atom. The Kier molecular flexibility index (Phi) is 4.01. The van der Waals surface area contributed by atoms with Gasteiger partial charge in [-0.1, -0.05) is 5.16 Å². The van der Waals surface area contributed by atoms with Crippen molar-refractivity contribution in [3.63, 3.8) is 0 Å². The summed E-state index contributed by atoms with van der Waals surface area (Å²) in [4.78, 5) is 0. The number of aromatic nitrogens is 1. The fraction of sp³-hybridized carbons (Fsp3) is 0.250. The lowest BCUT2D eigenvalue weighted by atomic mass is 10.1. The molecule has 0 atom stereocenters. The van der Waals surface area contributed by atoms with Crippen LogP contribution in [0.5, 0.6) is 0 Å². The number of halogens is 2. The van der Waals surface area contributed by atoms with E-state index in [1.165, 1.54) is 6.07 Å². The first-order valence-corrected chi connectivity index (χ1v) is 5.39. The summed E-state index contributed by atoms with van der Waals surface area (Å²) in [6.07, 6.45) is 0. The Morgan fingerprint density at radius 1 is 1.22 bits per heavy atom. The first-order valence-electron chi connectivity index (χ1n) is 5.39. The fourth-order valence-corrected chi connectivity index (χ4v) is 1.43. The molecule has 0 aliphatic rings. The molecule has 0 radical (unpaired) electrons. The zero-order valence-electron chi connectivity index (χ0n) is 9.53. The monoisotopic (exact) mass is 254 g/mol. The summed E-state index contributed by atoms with van der Waals surface area (Å²) in [5.41, 5.74) is 6.15. The molecule has 0 aliphatic heterocycles. The van der Waals surface area contributed by atoms with Crippen molar-refractivity contribution in [3.05, 3.63) is 41.7 Å². The summed E-state index contributed by atoms with van der Waals surface area (Å²) in [7, 11) is 0. The van der Waals surface area contributed by atoms with Crippen LogP contribution in [0.4, 0.5) is 8.78 Å². The average molecular weight is 254 g/mol. The molecule has 0 saturated heterocycles. The molecule has 1 aromatic heterocycles. The maximum absolute atomic E-state index is 13.0. The third-order valence-corrected chi connectivity index (χ3v) is 2.28. The highest BCUT2D eigenvalue weighted by Gasteiger charge is 2.09. The molecule has 0 saturated carbocycles. The number of nitrogens with zero attached hydrogens (tertiary/aromatic N) is 1. The Labute approximate surface area is 102 Å². The van der Waals surface area contributed by atoms with Crippen molar-refractivity contribution >= 4 is 0 Å². The van der Waals surface area contributed by atoms with E-state index >= 15 is 0 Å². The lowest BCUT2D eigenvalue weighted by Gasteiger charge is -1.97. The van der Waals surface area contributed by atoms with Crippen LogP contribution in [0.3, 0.4) is 0 Å². The second-order valence-corrected chi connectivity index (χ2v) is 3.65. The van der Waals surface area contributed by atoms with Gasteiger partial charge in [0.25, 0.3) is 0 Å². The van der Waals surface area contributed by atoms with E-state index in [0.717, 1.165) is 12.1 Å². The van der Waals surface area contributed by atoms with Crippen LogP contribution in [-0.4, -0.2) is 18.3 Å². The molecule has 0 unspecified atom stereocenters. The van der Waals surface area contributed by atoms with E-state index in [9.17, 15) is 8.78 Å². The van der Waals surface area contributed by atoms with Gasteiger partial charge >= 0.3 is 0 Å². The van der Waals surface area contributed by atoms with Gasteiger partial charge in [0.2, 0.25) is 0 Å². The van der Waals surface area contributed by atoms with Crippen LogP contribution < -0.4 is 5.73 Å². The second kappa shape index (κ2) is 5.70. The van der Waals surface area contributed by atoms with Gasteiger partial charge in [-0.3, -0.25) is 0 Å². The van der Waals surface area contributed by atoms with E-state index in [4.69, 9.17) is 15.0 Å². The van der Waals surface area contributed by atoms with Crippen LogP contribution in [0.15, 0.2) is 28.8 Å². The van der Waals surface area contributed by atoms with Crippen molar-refractivity contribution in [3.8, 4) is 11.3 Å². The van der Waals surface area contributed by atoms with Gasteiger partial charge in [0, 0.05) is 18.2 Å².